The van der Waals surface area contributed by atoms with E-state index in [1.165, 1.54) is 59.8 Å². The van der Waals surface area contributed by atoms with E-state index in [0.29, 0.717) is 5.92 Å². The first-order valence-corrected chi connectivity index (χ1v) is 16.6. The molecule has 1 aromatic heterocycles. The lowest BCUT2D eigenvalue weighted by Crippen LogP contribution is -1.92. The van der Waals surface area contributed by atoms with E-state index in [0.717, 1.165) is 18.4 Å². The van der Waals surface area contributed by atoms with Crippen LogP contribution >= 0.6 is 11.3 Å². The molecule has 5 aromatic carbocycles. The highest BCUT2D eigenvalue weighted by Crippen LogP contribution is 2.37. The van der Waals surface area contributed by atoms with Gasteiger partial charge in [-0.25, -0.2) is 0 Å². The third kappa shape index (κ3) is 8.91. The molecule has 1 heterocycles. The van der Waals surface area contributed by atoms with E-state index < -0.39 is 0 Å². The fourth-order valence-corrected chi connectivity index (χ4v) is 6.40. The van der Waals surface area contributed by atoms with Gasteiger partial charge in [0, 0.05) is 4.70 Å². The number of fused-ring (bicyclic) bond motifs is 2. The Kier molecular flexibility index (Phi) is 11.9. The molecule has 0 atom stereocenters. The van der Waals surface area contributed by atoms with E-state index >= 15 is 0 Å². The van der Waals surface area contributed by atoms with Crippen molar-refractivity contribution >= 4 is 37.8 Å². The van der Waals surface area contributed by atoms with E-state index in [1.54, 1.807) is 0 Å². The Morgan fingerprint density at radius 1 is 0.773 bits per heavy atom. The lowest BCUT2D eigenvalue weighted by molar-refractivity contribution is 0.816. The Hall–Kier alpha value is -4.20. The molecule has 0 radical (unpaired) electrons. The Morgan fingerprint density at radius 3 is 2.07 bits per heavy atom. The molecule has 0 aliphatic heterocycles. The fourth-order valence-electron chi connectivity index (χ4n) is 5.59. The fraction of sp³-hybridized carbons (Fsp3) is 0.209. The predicted octanol–water partition coefficient (Wildman–Crippen LogP) is 13.1. The summed E-state index contributed by atoms with van der Waals surface area (Å²) in [5.41, 5.74) is 10.8. The highest BCUT2D eigenvalue weighted by molar-refractivity contribution is 7.17. The molecule has 0 saturated carbocycles. The van der Waals surface area contributed by atoms with Crippen LogP contribution in [0.2, 0.25) is 0 Å². The molecule has 0 saturated heterocycles. The summed E-state index contributed by atoms with van der Waals surface area (Å²) in [6, 6.07) is 40.9. The van der Waals surface area contributed by atoms with Crippen molar-refractivity contribution in [1.29, 1.82) is 0 Å². The van der Waals surface area contributed by atoms with Crippen molar-refractivity contribution in [3.8, 4) is 11.1 Å². The summed E-state index contributed by atoms with van der Waals surface area (Å²) in [4.78, 5) is 0. The predicted molar refractivity (Wildman–Crippen MR) is 199 cm³/mol. The molecular weight excluding hydrogens is 549 g/mol. The van der Waals surface area contributed by atoms with Crippen molar-refractivity contribution in [2.24, 2.45) is 5.92 Å². The molecule has 44 heavy (non-hydrogen) atoms. The maximum absolute atomic E-state index is 3.83. The Balaban J connectivity index is 0.000000170. The minimum atomic E-state index is 0.656. The zero-order valence-corrected chi connectivity index (χ0v) is 28.0. The number of hydrogen-bond donors (Lipinski definition) is 0. The Bertz CT molecular complexity index is 1820. The molecule has 0 aliphatic carbocycles. The topological polar surface area (TPSA) is 0 Å². The minimum Gasteiger partial charge on any atom is -0.144 e. The van der Waals surface area contributed by atoms with Crippen LogP contribution in [0.25, 0.3) is 37.6 Å². The summed E-state index contributed by atoms with van der Waals surface area (Å²) in [6.07, 6.45) is 4.47. The second-order valence-electron chi connectivity index (χ2n) is 11.9. The largest absolute Gasteiger partial charge is 0.144 e. The summed E-state index contributed by atoms with van der Waals surface area (Å²) in [7, 11) is 0. The molecule has 0 bridgehead atoms. The Morgan fingerprint density at radius 2 is 1.43 bits per heavy atom. The van der Waals surface area contributed by atoms with Gasteiger partial charge in [-0.3, -0.25) is 0 Å². The highest BCUT2D eigenvalue weighted by Gasteiger charge is 2.12. The molecule has 1 heteroatoms. The molecule has 0 fully saturated rings. The van der Waals surface area contributed by atoms with Gasteiger partial charge in [-0.15, -0.1) is 11.3 Å². The van der Waals surface area contributed by atoms with Crippen molar-refractivity contribution in [3.63, 3.8) is 0 Å². The van der Waals surface area contributed by atoms with Gasteiger partial charge in [-0.2, -0.15) is 0 Å². The molecule has 0 amide bonds. The maximum Gasteiger partial charge on any atom is 0.0349 e. The van der Waals surface area contributed by atoms with Crippen LogP contribution in [-0.4, -0.2) is 0 Å². The van der Waals surface area contributed by atoms with Crippen molar-refractivity contribution in [1.82, 2.24) is 0 Å². The van der Waals surface area contributed by atoms with Crippen LogP contribution in [0, 0.1) is 12.8 Å². The van der Waals surface area contributed by atoms with Crippen LogP contribution < -0.4 is 0 Å². The van der Waals surface area contributed by atoms with Gasteiger partial charge in [0.15, 0.2) is 0 Å². The van der Waals surface area contributed by atoms with Crippen LogP contribution in [0.15, 0.2) is 139 Å². The molecule has 224 valence electrons. The Labute approximate surface area is 269 Å². The summed E-state index contributed by atoms with van der Waals surface area (Å²) < 4.78 is 1.37. The normalized spacial score (nSPS) is 11.1. The van der Waals surface area contributed by atoms with Crippen LogP contribution in [0.3, 0.4) is 0 Å². The molecule has 0 spiro atoms. The van der Waals surface area contributed by atoms with Crippen molar-refractivity contribution in [3.05, 3.63) is 161 Å². The van der Waals surface area contributed by atoms with E-state index in [-0.39, 0.29) is 0 Å². The number of thiophene rings is 1. The first-order valence-electron chi connectivity index (χ1n) is 15.7. The van der Waals surface area contributed by atoms with Crippen LogP contribution in [0.5, 0.6) is 0 Å². The van der Waals surface area contributed by atoms with Crippen LogP contribution in [0.4, 0.5) is 0 Å². The van der Waals surface area contributed by atoms with Gasteiger partial charge in [0.2, 0.25) is 0 Å². The summed E-state index contributed by atoms with van der Waals surface area (Å²) in [6.45, 7) is 16.9. The first kappa shape index (κ1) is 32.7. The van der Waals surface area contributed by atoms with E-state index in [4.69, 9.17) is 0 Å². The smallest absolute Gasteiger partial charge is 0.0349 e. The van der Waals surface area contributed by atoms with Crippen molar-refractivity contribution in [2.75, 3.05) is 0 Å². The average Bonchev–Trinajstić information content (AvgIpc) is 3.48. The quantitative estimate of drug-likeness (QED) is 0.168. The zero-order valence-electron chi connectivity index (χ0n) is 27.2. The lowest BCUT2D eigenvalue weighted by atomic mass is 9.89. The second kappa shape index (κ2) is 16.0. The number of aryl methyl sites for hydroxylation is 2. The van der Waals surface area contributed by atoms with Crippen molar-refractivity contribution < 1.29 is 0 Å². The number of hydrogen-bond acceptors (Lipinski definition) is 1. The van der Waals surface area contributed by atoms with Gasteiger partial charge in [-0.1, -0.05) is 142 Å². The molecule has 0 aliphatic rings. The molecular formula is C43H46S. The molecule has 0 nitrogen and oxygen atoms in total. The summed E-state index contributed by atoms with van der Waals surface area (Å²) in [5.74, 6) is 0.656. The average molecular weight is 595 g/mol. The monoisotopic (exact) mass is 594 g/mol. The maximum atomic E-state index is 3.83. The SMILES string of the molecule is C/C(=C/C(C)C)Cc1ccccc1.C=C(C)c1ccccc1.CCc1ccc2ccccc2c1-c1cc2sccc2cc1C. The summed E-state index contributed by atoms with van der Waals surface area (Å²) in [5, 5.41) is 6.21. The van der Waals surface area contributed by atoms with Gasteiger partial charge in [0.1, 0.15) is 0 Å². The van der Waals surface area contributed by atoms with E-state index in [1.807, 2.05) is 36.5 Å². The van der Waals surface area contributed by atoms with E-state index in [9.17, 15) is 0 Å². The highest BCUT2D eigenvalue weighted by atomic mass is 32.1. The van der Waals surface area contributed by atoms with Gasteiger partial charge in [0.25, 0.3) is 0 Å². The van der Waals surface area contributed by atoms with Gasteiger partial charge < -0.3 is 0 Å². The lowest BCUT2D eigenvalue weighted by Gasteiger charge is -2.15. The standard InChI is InChI=1S/C21H18S.C13H18.C9H10/c1-3-15-8-9-16-6-4-5-7-18(16)21(15)19-13-20-17(10-11-22-20)12-14(19)2;1-11(2)9-12(3)10-13-7-5-4-6-8-13;1-8(2)9-6-4-3-5-7-9/h4-13H,3H2,1-2H3;4-9,11H,10H2,1-3H3;3-7H,1H2,2H3/b;12-9-;. The molecule has 6 rings (SSSR count). The first-order chi connectivity index (χ1) is 21.3. The van der Waals surface area contributed by atoms with Gasteiger partial charge in [-0.05, 0) is 113 Å². The second-order valence-corrected chi connectivity index (χ2v) is 12.8. The number of benzene rings is 5. The molecule has 6 aromatic rings. The van der Waals surface area contributed by atoms with Crippen LogP contribution in [0.1, 0.15) is 56.9 Å². The zero-order chi connectivity index (χ0) is 31.5. The summed E-state index contributed by atoms with van der Waals surface area (Å²) >= 11 is 1.82. The molecule has 0 N–H and O–H groups in total. The molecule has 0 unspecified atom stereocenters. The van der Waals surface area contributed by atoms with Crippen LogP contribution in [-0.2, 0) is 12.8 Å². The van der Waals surface area contributed by atoms with Crippen molar-refractivity contribution in [2.45, 2.75) is 54.4 Å². The third-order valence-corrected chi connectivity index (χ3v) is 8.55. The van der Waals surface area contributed by atoms with Gasteiger partial charge in [0.05, 0.1) is 0 Å². The van der Waals surface area contributed by atoms with E-state index in [2.05, 4.69) is 150 Å². The minimum absolute atomic E-state index is 0.656. The third-order valence-electron chi connectivity index (χ3n) is 7.68. The van der Waals surface area contributed by atoms with Gasteiger partial charge >= 0.3 is 0 Å². The number of allylic oxidation sites excluding steroid dienone is 3. The number of rotatable bonds is 6.